The van der Waals surface area contributed by atoms with E-state index in [1.165, 1.54) is 6.61 Å². The zero-order valence-electron chi connectivity index (χ0n) is 23.6. The van der Waals surface area contributed by atoms with Gasteiger partial charge in [0.15, 0.2) is 0 Å². The molecule has 9 heteroatoms. The molecule has 4 aromatic rings. The second-order valence-corrected chi connectivity index (χ2v) is 10.0. The van der Waals surface area contributed by atoms with Crippen LogP contribution in [0.25, 0.3) is 0 Å². The predicted octanol–water partition coefficient (Wildman–Crippen LogP) is 7.42. The van der Waals surface area contributed by atoms with Gasteiger partial charge in [-0.25, -0.2) is 0 Å². The van der Waals surface area contributed by atoms with Crippen molar-refractivity contribution in [2.45, 2.75) is 31.5 Å². The Morgan fingerprint density at radius 3 is 1.71 bits per heavy atom. The van der Waals surface area contributed by atoms with E-state index in [0.717, 1.165) is 16.7 Å². The molecule has 0 saturated carbocycles. The van der Waals surface area contributed by atoms with Crippen molar-refractivity contribution >= 4 is 23.2 Å². The Labute approximate surface area is 281 Å². The molecule has 0 aliphatic carbocycles. The minimum Gasteiger partial charge on any atom is -0.527 e. The monoisotopic (exact) mass is 833 g/mol. The Bertz CT molecular complexity index is 1300. The van der Waals surface area contributed by atoms with Crippen molar-refractivity contribution in [2.75, 3.05) is 20.8 Å². The van der Waals surface area contributed by atoms with Crippen molar-refractivity contribution in [3.05, 3.63) is 136 Å². The number of benzene rings is 4. The molecule has 0 heterocycles. The SMILES string of the molecule is COc1ccc(C(OC([CH-]OC(C)OCc2c(Cl)cccc2Cl)CO)(c2ccccc2)c2ccc(OC)cc2)cc1.[U]. The number of aliphatic hydroxyl groups excluding tert-OH is 1. The predicted molar refractivity (Wildman–Crippen MR) is 160 cm³/mol. The van der Waals surface area contributed by atoms with Gasteiger partial charge >= 0.3 is 0 Å². The molecular formula is C33H33Cl2O6U-. The van der Waals surface area contributed by atoms with Gasteiger partial charge in [0, 0.05) is 53.3 Å². The van der Waals surface area contributed by atoms with Crippen LogP contribution in [-0.2, 0) is 26.4 Å². The average Bonchev–Trinajstić information content (AvgIpc) is 3.02. The third-order valence-corrected chi connectivity index (χ3v) is 7.34. The Kier molecular flexibility index (Phi) is 13.7. The maximum absolute atomic E-state index is 10.4. The summed E-state index contributed by atoms with van der Waals surface area (Å²) in [6, 6.07) is 30.4. The van der Waals surface area contributed by atoms with Gasteiger partial charge in [-0.2, -0.15) is 6.61 Å². The molecule has 0 bridgehead atoms. The van der Waals surface area contributed by atoms with Crippen LogP contribution in [0.15, 0.2) is 97.1 Å². The van der Waals surface area contributed by atoms with Crippen LogP contribution >= 0.6 is 23.2 Å². The Morgan fingerprint density at radius 1 is 0.738 bits per heavy atom. The number of halogens is 2. The van der Waals surface area contributed by atoms with E-state index in [2.05, 4.69) is 0 Å². The minimum absolute atomic E-state index is 0. The molecule has 0 radical (unpaired) electrons. The summed E-state index contributed by atoms with van der Waals surface area (Å²) in [6.45, 7) is 3.00. The van der Waals surface area contributed by atoms with Crippen LogP contribution in [0.2, 0.25) is 10.0 Å². The quantitative estimate of drug-likeness (QED) is 0.0812. The van der Waals surface area contributed by atoms with Crippen LogP contribution in [0.5, 0.6) is 11.5 Å². The third-order valence-electron chi connectivity index (χ3n) is 6.63. The van der Waals surface area contributed by atoms with Gasteiger partial charge in [0.05, 0.1) is 20.8 Å². The van der Waals surface area contributed by atoms with Crippen LogP contribution in [0.1, 0.15) is 29.2 Å². The molecule has 0 amide bonds. The van der Waals surface area contributed by atoms with E-state index in [0.29, 0.717) is 27.1 Å². The van der Waals surface area contributed by atoms with E-state index >= 15 is 0 Å². The molecule has 42 heavy (non-hydrogen) atoms. The molecule has 0 saturated heterocycles. The number of ether oxygens (including phenoxy) is 5. The molecule has 0 fully saturated rings. The van der Waals surface area contributed by atoms with Crippen molar-refractivity contribution in [3.63, 3.8) is 0 Å². The fourth-order valence-electron chi connectivity index (χ4n) is 4.47. The number of hydrogen-bond donors (Lipinski definition) is 1. The summed E-state index contributed by atoms with van der Waals surface area (Å²) < 4.78 is 29.3. The van der Waals surface area contributed by atoms with E-state index in [1.54, 1.807) is 39.3 Å². The maximum atomic E-state index is 10.4. The molecule has 0 aromatic heterocycles. The van der Waals surface area contributed by atoms with Crippen molar-refractivity contribution in [3.8, 4) is 11.5 Å². The summed E-state index contributed by atoms with van der Waals surface area (Å²) in [5, 5.41) is 11.5. The normalized spacial score (nSPS) is 12.7. The number of methoxy groups -OCH3 is 2. The van der Waals surface area contributed by atoms with E-state index in [-0.39, 0.29) is 44.3 Å². The van der Waals surface area contributed by atoms with Gasteiger partial charge in [0.2, 0.25) is 0 Å². The van der Waals surface area contributed by atoms with E-state index in [9.17, 15) is 5.11 Å². The van der Waals surface area contributed by atoms with E-state index < -0.39 is 18.0 Å². The standard InChI is InChI=1S/C33H33Cl2O6.U/c1-23(40-22-30-31(34)10-7-11-32(30)35)39-21-29(20-36)41-33(24-8-5-4-6-9-24,25-12-16-27(37-2)17-13-25)26-14-18-28(38-3)19-15-26;/h4-19,21,23,29,36H,20,22H2,1-3H3;/q-1;. The second kappa shape index (κ2) is 16.7. The zero-order chi connectivity index (χ0) is 29.2. The molecule has 0 aliphatic rings. The Balaban J connectivity index is 0.00000484. The van der Waals surface area contributed by atoms with Crippen LogP contribution in [-0.4, -0.2) is 38.3 Å². The van der Waals surface area contributed by atoms with Crippen molar-refractivity contribution < 1.29 is 59.9 Å². The molecule has 0 aliphatic heterocycles. The first-order chi connectivity index (χ1) is 19.9. The summed E-state index contributed by atoms with van der Waals surface area (Å²) in [5.41, 5.74) is 2.07. The summed E-state index contributed by atoms with van der Waals surface area (Å²) in [7, 11) is 3.24. The number of aliphatic hydroxyl groups is 1. The first-order valence-electron chi connectivity index (χ1n) is 13.1. The minimum atomic E-state index is -1.12. The van der Waals surface area contributed by atoms with E-state index in [4.69, 9.17) is 46.9 Å². The molecular weight excluding hydrogens is 801 g/mol. The molecule has 4 aromatic carbocycles. The first kappa shape index (κ1) is 34.4. The fourth-order valence-corrected chi connectivity index (χ4v) is 4.98. The number of hydrogen-bond acceptors (Lipinski definition) is 6. The fraction of sp³-hybridized carbons (Fsp3) is 0.242. The smallest absolute Gasteiger partial charge is 0.140 e. The van der Waals surface area contributed by atoms with Gasteiger partial charge in [-0.3, -0.25) is 0 Å². The maximum Gasteiger partial charge on any atom is 0.140 e. The van der Waals surface area contributed by atoms with Crippen LogP contribution in [0, 0.1) is 37.7 Å². The topological polar surface area (TPSA) is 66.4 Å². The van der Waals surface area contributed by atoms with Crippen molar-refractivity contribution in [2.24, 2.45) is 0 Å². The summed E-state index contributed by atoms with van der Waals surface area (Å²) in [4.78, 5) is 0. The zero-order valence-corrected chi connectivity index (χ0v) is 29.3. The third kappa shape index (κ3) is 8.31. The molecule has 2 atom stereocenters. The average molecular weight is 835 g/mol. The van der Waals surface area contributed by atoms with Crippen LogP contribution < -0.4 is 9.47 Å². The molecule has 0 spiro atoms. The van der Waals surface area contributed by atoms with E-state index in [1.807, 2.05) is 78.9 Å². The Hall–Kier alpha value is -2.05. The number of rotatable bonds is 14. The molecule has 1 N–H and O–H groups in total. The Morgan fingerprint density at radius 2 is 1.24 bits per heavy atom. The summed E-state index contributed by atoms with van der Waals surface area (Å²) in [6.07, 6.45) is -1.51. The van der Waals surface area contributed by atoms with Gasteiger partial charge in [-0.15, -0.1) is 0 Å². The second-order valence-electron chi connectivity index (χ2n) is 9.19. The van der Waals surface area contributed by atoms with Gasteiger partial charge in [0.1, 0.15) is 23.4 Å². The van der Waals surface area contributed by atoms with Crippen molar-refractivity contribution in [1.29, 1.82) is 0 Å². The van der Waals surface area contributed by atoms with Gasteiger partial charge in [-0.1, -0.05) is 83.9 Å². The molecule has 220 valence electrons. The molecule has 6 nitrogen and oxygen atoms in total. The molecule has 4 rings (SSSR count). The summed E-state index contributed by atoms with van der Waals surface area (Å²) >= 11 is 12.5. The van der Waals surface area contributed by atoms with Crippen LogP contribution in [0.3, 0.4) is 0 Å². The van der Waals surface area contributed by atoms with Crippen LogP contribution in [0.4, 0.5) is 0 Å². The van der Waals surface area contributed by atoms with Gasteiger partial charge in [0.25, 0.3) is 0 Å². The van der Waals surface area contributed by atoms with Gasteiger partial charge in [-0.05, 0) is 66.1 Å². The largest absolute Gasteiger partial charge is 0.527 e. The first-order valence-corrected chi connectivity index (χ1v) is 13.8. The molecule has 2 unspecified atom stereocenters. The van der Waals surface area contributed by atoms with Gasteiger partial charge < -0.3 is 28.8 Å². The van der Waals surface area contributed by atoms with Crippen molar-refractivity contribution in [1.82, 2.24) is 0 Å². The summed E-state index contributed by atoms with van der Waals surface area (Å²) in [5.74, 6) is 1.42.